The van der Waals surface area contributed by atoms with Crippen LogP contribution in [0.4, 0.5) is 0 Å². The normalized spacial score (nSPS) is 12.5. The SMILES string of the molecule is COC(=O)CCC(N)c1csc(C)n1. The van der Waals surface area contributed by atoms with Crippen LogP contribution in [0, 0.1) is 6.92 Å². The van der Waals surface area contributed by atoms with Gasteiger partial charge in [-0.1, -0.05) is 0 Å². The van der Waals surface area contributed by atoms with Crippen LogP contribution in [0.2, 0.25) is 0 Å². The lowest BCUT2D eigenvalue weighted by Gasteiger charge is -2.06. The third kappa shape index (κ3) is 3.08. The van der Waals surface area contributed by atoms with Gasteiger partial charge in [0, 0.05) is 17.8 Å². The molecule has 14 heavy (non-hydrogen) atoms. The molecule has 0 aromatic carbocycles. The summed E-state index contributed by atoms with van der Waals surface area (Å²) >= 11 is 1.57. The highest BCUT2D eigenvalue weighted by atomic mass is 32.1. The van der Waals surface area contributed by atoms with Crippen molar-refractivity contribution in [1.82, 2.24) is 4.98 Å². The fraction of sp³-hybridized carbons (Fsp3) is 0.556. The zero-order valence-electron chi connectivity index (χ0n) is 8.32. The first kappa shape index (κ1) is 11.1. The lowest BCUT2D eigenvalue weighted by Crippen LogP contribution is -2.13. The Morgan fingerprint density at radius 2 is 2.50 bits per heavy atom. The monoisotopic (exact) mass is 214 g/mol. The number of hydrogen-bond donors (Lipinski definition) is 1. The number of nitrogens with zero attached hydrogens (tertiary/aromatic N) is 1. The molecule has 2 N–H and O–H groups in total. The Labute approximate surface area is 87.1 Å². The predicted molar refractivity (Wildman–Crippen MR) is 55.0 cm³/mol. The largest absolute Gasteiger partial charge is 0.469 e. The summed E-state index contributed by atoms with van der Waals surface area (Å²) < 4.78 is 4.53. The molecule has 5 heteroatoms. The first-order valence-electron chi connectivity index (χ1n) is 4.38. The Hall–Kier alpha value is -0.940. The van der Waals surface area contributed by atoms with Crippen molar-refractivity contribution in [2.24, 2.45) is 5.73 Å². The van der Waals surface area contributed by atoms with Crippen molar-refractivity contribution < 1.29 is 9.53 Å². The van der Waals surface area contributed by atoms with Gasteiger partial charge in [-0.05, 0) is 13.3 Å². The maximum Gasteiger partial charge on any atom is 0.305 e. The molecular weight excluding hydrogens is 200 g/mol. The molecule has 1 rings (SSSR count). The van der Waals surface area contributed by atoms with E-state index in [-0.39, 0.29) is 12.0 Å². The van der Waals surface area contributed by atoms with Crippen molar-refractivity contribution >= 4 is 17.3 Å². The molecule has 4 nitrogen and oxygen atoms in total. The van der Waals surface area contributed by atoms with E-state index in [1.165, 1.54) is 7.11 Å². The molecule has 78 valence electrons. The van der Waals surface area contributed by atoms with E-state index >= 15 is 0 Å². The Bertz CT molecular complexity index is 312. The molecule has 0 spiro atoms. The number of hydrogen-bond acceptors (Lipinski definition) is 5. The summed E-state index contributed by atoms with van der Waals surface area (Å²) in [4.78, 5) is 15.1. The fourth-order valence-corrected chi connectivity index (χ4v) is 1.75. The van der Waals surface area contributed by atoms with Crippen LogP contribution in [0.25, 0.3) is 0 Å². The van der Waals surface area contributed by atoms with E-state index in [0.29, 0.717) is 12.8 Å². The number of thiazole rings is 1. The second-order valence-electron chi connectivity index (χ2n) is 3.01. The minimum Gasteiger partial charge on any atom is -0.469 e. The molecule has 0 bridgehead atoms. The molecule has 1 unspecified atom stereocenters. The summed E-state index contributed by atoms with van der Waals surface area (Å²) in [6.45, 7) is 1.93. The van der Waals surface area contributed by atoms with E-state index < -0.39 is 0 Å². The highest BCUT2D eigenvalue weighted by Gasteiger charge is 2.11. The summed E-state index contributed by atoms with van der Waals surface area (Å²) in [7, 11) is 1.38. The van der Waals surface area contributed by atoms with Crippen LogP contribution in [0.15, 0.2) is 5.38 Å². The highest BCUT2D eigenvalue weighted by molar-refractivity contribution is 7.09. The van der Waals surface area contributed by atoms with Gasteiger partial charge in [0.15, 0.2) is 0 Å². The molecule has 0 amide bonds. The van der Waals surface area contributed by atoms with E-state index in [0.717, 1.165) is 10.7 Å². The lowest BCUT2D eigenvalue weighted by atomic mass is 10.1. The number of aromatic nitrogens is 1. The van der Waals surface area contributed by atoms with Gasteiger partial charge in [-0.3, -0.25) is 4.79 Å². The Morgan fingerprint density at radius 1 is 1.79 bits per heavy atom. The van der Waals surface area contributed by atoms with E-state index in [4.69, 9.17) is 5.73 Å². The molecule has 0 aliphatic rings. The first-order chi connectivity index (χ1) is 6.63. The quantitative estimate of drug-likeness (QED) is 0.769. The minimum atomic E-state index is -0.229. The zero-order chi connectivity index (χ0) is 10.6. The number of methoxy groups -OCH3 is 1. The van der Waals surface area contributed by atoms with E-state index in [9.17, 15) is 4.79 Å². The van der Waals surface area contributed by atoms with Crippen molar-refractivity contribution in [2.45, 2.75) is 25.8 Å². The van der Waals surface area contributed by atoms with Crippen LogP contribution in [-0.4, -0.2) is 18.1 Å². The second kappa shape index (κ2) is 5.07. The maximum atomic E-state index is 10.9. The summed E-state index contributed by atoms with van der Waals surface area (Å²) in [5, 5.41) is 2.92. The number of ether oxygens (including phenoxy) is 1. The topological polar surface area (TPSA) is 65.2 Å². The molecule has 0 aliphatic heterocycles. The van der Waals surface area contributed by atoms with Gasteiger partial charge in [0.05, 0.1) is 17.8 Å². The molecule has 0 aliphatic carbocycles. The van der Waals surface area contributed by atoms with Crippen LogP contribution in [0.1, 0.15) is 29.6 Å². The number of aryl methyl sites for hydroxylation is 1. The molecule has 1 aromatic rings. The van der Waals surface area contributed by atoms with Crippen LogP contribution < -0.4 is 5.73 Å². The number of carbonyl (C=O) groups is 1. The summed E-state index contributed by atoms with van der Waals surface area (Å²) in [5.41, 5.74) is 6.71. The van der Waals surface area contributed by atoms with E-state index in [2.05, 4.69) is 9.72 Å². The van der Waals surface area contributed by atoms with E-state index in [1.54, 1.807) is 11.3 Å². The van der Waals surface area contributed by atoms with Crippen molar-refractivity contribution in [2.75, 3.05) is 7.11 Å². The van der Waals surface area contributed by atoms with Crippen molar-refractivity contribution in [3.8, 4) is 0 Å². The maximum absolute atomic E-state index is 10.9. The van der Waals surface area contributed by atoms with Crippen molar-refractivity contribution in [3.05, 3.63) is 16.1 Å². The first-order valence-corrected chi connectivity index (χ1v) is 5.26. The third-order valence-corrected chi connectivity index (χ3v) is 2.70. The van der Waals surface area contributed by atoms with Gasteiger partial charge in [0.25, 0.3) is 0 Å². The average Bonchev–Trinajstić information content (AvgIpc) is 2.60. The molecule has 0 radical (unpaired) electrons. The zero-order valence-corrected chi connectivity index (χ0v) is 9.13. The predicted octanol–water partition coefficient (Wildman–Crippen LogP) is 1.40. The number of esters is 1. The molecular formula is C9H14N2O2S. The molecule has 0 saturated carbocycles. The molecule has 1 heterocycles. The standard InChI is InChI=1S/C9H14N2O2S/c1-6-11-8(5-14-6)7(10)3-4-9(12)13-2/h5,7H,3-4,10H2,1-2H3. The Kier molecular flexibility index (Phi) is 4.03. The van der Waals surface area contributed by atoms with Crippen LogP contribution in [0.5, 0.6) is 0 Å². The van der Waals surface area contributed by atoms with Crippen LogP contribution in [-0.2, 0) is 9.53 Å². The summed E-state index contributed by atoms with van der Waals surface area (Å²) in [6, 6.07) is -0.168. The van der Waals surface area contributed by atoms with Crippen molar-refractivity contribution in [3.63, 3.8) is 0 Å². The highest BCUT2D eigenvalue weighted by Crippen LogP contribution is 2.18. The fourth-order valence-electron chi connectivity index (χ4n) is 1.07. The van der Waals surface area contributed by atoms with Gasteiger partial charge in [-0.15, -0.1) is 11.3 Å². The molecule has 0 saturated heterocycles. The molecule has 0 fully saturated rings. The van der Waals surface area contributed by atoms with Gasteiger partial charge in [0.1, 0.15) is 0 Å². The second-order valence-corrected chi connectivity index (χ2v) is 4.07. The minimum absolute atomic E-state index is 0.168. The third-order valence-electron chi connectivity index (χ3n) is 1.90. The van der Waals surface area contributed by atoms with Gasteiger partial charge < -0.3 is 10.5 Å². The number of rotatable bonds is 4. The smallest absolute Gasteiger partial charge is 0.305 e. The van der Waals surface area contributed by atoms with Gasteiger partial charge in [-0.2, -0.15) is 0 Å². The molecule has 1 atom stereocenters. The summed E-state index contributed by atoms with van der Waals surface area (Å²) in [6.07, 6.45) is 0.921. The molecule has 1 aromatic heterocycles. The Morgan fingerprint density at radius 3 is 3.00 bits per heavy atom. The van der Waals surface area contributed by atoms with Crippen LogP contribution in [0.3, 0.4) is 0 Å². The van der Waals surface area contributed by atoms with E-state index in [1.807, 2.05) is 12.3 Å². The summed E-state index contributed by atoms with van der Waals surface area (Å²) in [5.74, 6) is -0.229. The van der Waals surface area contributed by atoms with Gasteiger partial charge in [0.2, 0.25) is 0 Å². The average molecular weight is 214 g/mol. The van der Waals surface area contributed by atoms with Crippen LogP contribution >= 0.6 is 11.3 Å². The lowest BCUT2D eigenvalue weighted by molar-refractivity contribution is -0.140. The number of nitrogens with two attached hydrogens (primary N) is 1. The van der Waals surface area contributed by atoms with Crippen molar-refractivity contribution in [1.29, 1.82) is 0 Å². The number of carbonyl (C=O) groups excluding carboxylic acids is 1. The Balaban J connectivity index is 2.42. The van der Waals surface area contributed by atoms with Gasteiger partial charge in [-0.25, -0.2) is 4.98 Å². The van der Waals surface area contributed by atoms with Gasteiger partial charge >= 0.3 is 5.97 Å².